The SMILES string of the molecule is CCOC(=O)[C@@H]1CC[C@]2(O)[C@H]3CC[C@@]4(O)C[C@@H](O)C[C@H](O)[C@]4(CO)[C@@H]3[C@@H](O)C[C@@]12C. The molecule has 4 aliphatic carbocycles. The molecule has 8 nitrogen and oxygen atoms in total. The smallest absolute Gasteiger partial charge is 0.309 e. The fourth-order valence-corrected chi connectivity index (χ4v) is 8.13. The van der Waals surface area contributed by atoms with Gasteiger partial charge in [-0.05, 0) is 44.9 Å². The first kappa shape index (κ1) is 22.4. The zero-order valence-corrected chi connectivity index (χ0v) is 17.8. The number of hydrogen-bond donors (Lipinski definition) is 6. The van der Waals surface area contributed by atoms with Crippen LogP contribution in [0.1, 0.15) is 58.8 Å². The van der Waals surface area contributed by atoms with Crippen LogP contribution in [-0.4, -0.2) is 79.3 Å². The van der Waals surface area contributed by atoms with Crippen molar-refractivity contribution < 1.29 is 40.2 Å². The van der Waals surface area contributed by atoms with Crippen LogP contribution in [0.5, 0.6) is 0 Å². The van der Waals surface area contributed by atoms with Gasteiger partial charge in [0, 0.05) is 24.2 Å². The summed E-state index contributed by atoms with van der Waals surface area (Å²) in [5, 5.41) is 66.5. The predicted molar refractivity (Wildman–Crippen MR) is 105 cm³/mol. The Labute approximate surface area is 176 Å². The van der Waals surface area contributed by atoms with E-state index in [1.54, 1.807) is 6.92 Å². The van der Waals surface area contributed by atoms with Crippen molar-refractivity contribution in [3.8, 4) is 0 Å². The van der Waals surface area contributed by atoms with E-state index >= 15 is 0 Å². The lowest BCUT2D eigenvalue weighted by Crippen LogP contribution is -2.75. The highest BCUT2D eigenvalue weighted by molar-refractivity contribution is 5.74. The Morgan fingerprint density at radius 2 is 1.80 bits per heavy atom. The molecule has 0 bridgehead atoms. The van der Waals surface area contributed by atoms with Gasteiger partial charge in [0.2, 0.25) is 0 Å². The molecule has 8 heteroatoms. The molecule has 0 aromatic heterocycles. The van der Waals surface area contributed by atoms with Crippen LogP contribution in [0.3, 0.4) is 0 Å². The van der Waals surface area contributed by atoms with Gasteiger partial charge in [-0.15, -0.1) is 0 Å². The van der Waals surface area contributed by atoms with Crippen molar-refractivity contribution in [2.45, 2.75) is 88.3 Å². The Kier molecular flexibility index (Phi) is 5.32. The molecule has 0 radical (unpaired) electrons. The van der Waals surface area contributed by atoms with Crippen molar-refractivity contribution in [3.63, 3.8) is 0 Å². The van der Waals surface area contributed by atoms with Crippen molar-refractivity contribution in [2.75, 3.05) is 13.2 Å². The van der Waals surface area contributed by atoms with Crippen LogP contribution in [0.4, 0.5) is 0 Å². The van der Waals surface area contributed by atoms with Gasteiger partial charge in [-0.1, -0.05) is 6.92 Å². The molecule has 30 heavy (non-hydrogen) atoms. The first-order chi connectivity index (χ1) is 14.0. The molecule has 172 valence electrons. The molecule has 0 spiro atoms. The summed E-state index contributed by atoms with van der Waals surface area (Å²) >= 11 is 0. The van der Waals surface area contributed by atoms with E-state index in [1.807, 2.05) is 6.92 Å². The third-order valence-corrected chi connectivity index (χ3v) is 9.49. The second-order valence-corrected chi connectivity index (χ2v) is 10.5. The molecule has 0 aliphatic heterocycles. The monoisotopic (exact) mass is 428 g/mol. The lowest BCUT2D eigenvalue weighted by Gasteiger charge is -2.68. The average molecular weight is 429 g/mol. The second kappa shape index (κ2) is 7.12. The number of carbonyl (C=O) groups excluding carboxylic acids is 1. The summed E-state index contributed by atoms with van der Waals surface area (Å²) in [5.74, 6) is -2.15. The van der Waals surface area contributed by atoms with Gasteiger partial charge in [-0.2, -0.15) is 0 Å². The van der Waals surface area contributed by atoms with Crippen LogP contribution in [0, 0.1) is 28.6 Å². The first-order valence-corrected chi connectivity index (χ1v) is 11.3. The van der Waals surface area contributed by atoms with E-state index in [-0.39, 0.29) is 38.3 Å². The zero-order valence-electron chi connectivity index (χ0n) is 17.8. The molecule has 4 aliphatic rings. The van der Waals surface area contributed by atoms with E-state index in [0.717, 1.165) is 0 Å². The van der Waals surface area contributed by atoms with Gasteiger partial charge in [-0.3, -0.25) is 4.79 Å². The molecule has 0 unspecified atom stereocenters. The summed E-state index contributed by atoms with van der Waals surface area (Å²) < 4.78 is 5.25. The van der Waals surface area contributed by atoms with Gasteiger partial charge in [0.1, 0.15) is 0 Å². The fourth-order valence-electron chi connectivity index (χ4n) is 8.13. The molecule has 0 aromatic rings. The standard InChI is InChI=1S/C22H36O8/c1-3-30-18(27)14-5-7-22(29)13-4-6-20(28)9-12(24)8-16(26)21(20,11-23)17(13)15(25)10-19(14,22)2/h12-17,23-26,28-29H,3-11H2,1-2H3/t12-,13-,14-,15-,16-,17-,19-,20+,21+,22-/m0/s1. The highest BCUT2D eigenvalue weighted by Gasteiger charge is 2.75. The Balaban J connectivity index is 1.78. The topological polar surface area (TPSA) is 148 Å². The Morgan fingerprint density at radius 3 is 2.43 bits per heavy atom. The fraction of sp³-hybridized carbons (Fsp3) is 0.955. The van der Waals surface area contributed by atoms with Gasteiger partial charge in [-0.25, -0.2) is 0 Å². The molecule has 4 rings (SSSR count). The summed E-state index contributed by atoms with van der Waals surface area (Å²) in [4.78, 5) is 12.6. The van der Waals surface area contributed by atoms with Gasteiger partial charge < -0.3 is 35.4 Å². The minimum absolute atomic E-state index is 0.0000423. The summed E-state index contributed by atoms with van der Waals surface area (Å²) in [6.45, 7) is 3.25. The summed E-state index contributed by atoms with van der Waals surface area (Å²) in [5.41, 5.74) is -5.16. The largest absolute Gasteiger partial charge is 0.466 e. The lowest BCUT2D eigenvalue weighted by molar-refractivity contribution is -0.317. The average Bonchev–Trinajstić information content (AvgIpc) is 2.92. The number of hydrogen-bond acceptors (Lipinski definition) is 8. The molecule has 4 fully saturated rings. The van der Waals surface area contributed by atoms with Crippen molar-refractivity contribution >= 4 is 5.97 Å². The van der Waals surface area contributed by atoms with Crippen LogP contribution in [0.25, 0.3) is 0 Å². The second-order valence-electron chi connectivity index (χ2n) is 10.5. The van der Waals surface area contributed by atoms with Crippen LogP contribution < -0.4 is 0 Å². The van der Waals surface area contributed by atoms with Crippen molar-refractivity contribution in [1.82, 2.24) is 0 Å². The number of fused-ring (bicyclic) bond motifs is 5. The molecule has 4 saturated carbocycles. The van der Waals surface area contributed by atoms with Crippen molar-refractivity contribution in [2.24, 2.45) is 28.6 Å². The van der Waals surface area contributed by atoms with Gasteiger partial charge in [0.25, 0.3) is 0 Å². The van der Waals surface area contributed by atoms with E-state index in [1.165, 1.54) is 0 Å². The van der Waals surface area contributed by atoms with Crippen molar-refractivity contribution in [3.05, 3.63) is 0 Å². The zero-order chi connectivity index (χ0) is 22.1. The van der Waals surface area contributed by atoms with Crippen LogP contribution in [-0.2, 0) is 9.53 Å². The van der Waals surface area contributed by atoms with Gasteiger partial charge in [0.05, 0.1) is 54.1 Å². The Hall–Kier alpha value is -0.770. The number of aliphatic hydroxyl groups excluding tert-OH is 4. The summed E-state index contributed by atoms with van der Waals surface area (Å²) in [7, 11) is 0. The highest BCUT2D eigenvalue weighted by atomic mass is 16.5. The van der Waals surface area contributed by atoms with Crippen LogP contribution in [0.2, 0.25) is 0 Å². The summed E-state index contributed by atoms with van der Waals surface area (Å²) in [6.07, 6.45) is -1.64. The Bertz CT molecular complexity index is 701. The number of esters is 1. The number of rotatable bonds is 3. The maximum atomic E-state index is 12.6. The third-order valence-electron chi connectivity index (χ3n) is 9.49. The molecular formula is C22H36O8. The minimum Gasteiger partial charge on any atom is -0.466 e. The molecular weight excluding hydrogens is 392 g/mol. The predicted octanol–water partition coefficient (Wildman–Crippen LogP) is -0.287. The van der Waals surface area contributed by atoms with Crippen LogP contribution >= 0.6 is 0 Å². The molecule has 0 aromatic carbocycles. The lowest BCUT2D eigenvalue weighted by atomic mass is 9.40. The van der Waals surface area contributed by atoms with Crippen LogP contribution in [0.15, 0.2) is 0 Å². The van der Waals surface area contributed by atoms with E-state index in [9.17, 15) is 35.4 Å². The number of aliphatic hydroxyl groups is 6. The maximum absolute atomic E-state index is 12.6. The molecule has 6 N–H and O–H groups in total. The first-order valence-electron chi connectivity index (χ1n) is 11.3. The highest BCUT2D eigenvalue weighted by Crippen LogP contribution is 2.69. The third kappa shape index (κ3) is 2.58. The van der Waals surface area contributed by atoms with E-state index in [0.29, 0.717) is 19.3 Å². The normalized spacial score (nSPS) is 55.3. The van der Waals surface area contributed by atoms with Crippen molar-refractivity contribution in [1.29, 1.82) is 0 Å². The molecule has 0 heterocycles. The molecule has 10 atom stereocenters. The quantitative estimate of drug-likeness (QED) is 0.336. The maximum Gasteiger partial charge on any atom is 0.309 e. The Morgan fingerprint density at radius 1 is 1.10 bits per heavy atom. The van der Waals surface area contributed by atoms with E-state index in [2.05, 4.69) is 0 Å². The van der Waals surface area contributed by atoms with E-state index in [4.69, 9.17) is 4.74 Å². The van der Waals surface area contributed by atoms with Gasteiger partial charge >= 0.3 is 5.97 Å². The molecule has 0 amide bonds. The summed E-state index contributed by atoms with van der Waals surface area (Å²) in [6, 6.07) is 0. The number of carbonyl (C=O) groups is 1. The van der Waals surface area contributed by atoms with Gasteiger partial charge in [0.15, 0.2) is 0 Å². The number of ether oxygens (including phenoxy) is 1. The molecule has 0 saturated heterocycles. The van der Waals surface area contributed by atoms with E-state index < -0.39 is 64.7 Å². The minimum atomic E-state index is -1.54.